The quantitative estimate of drug-likeness (QED) is 0.318. The predicted molar refractivity (Wildman–Crippen MR) is 133 cm³/mol. The molecule has 0 spiro atoms. The number of thiophene rings is 1. The Morgan fingerprint density at radius 2 is 1.71 bits per heavy atom. The minimum atomic E-state index is -4.89. The van der Waals surface area contributed by atoms with Crippen LogP contribution in [0.1, 0.15) is 23.0 Å². The van der Waals surface area contributed by atoms with E-state index in [-0.39, 0.29) is 40.2 Å². The first-order valence-electron chi connectivity index (χ1n) is 11.1. The zero-order chi connectivity index (χ0) is 27.4. The molecular formula is C25H20F3N3O6S. The number of alkyl halides is 3. The third kappa shape index (κ3) is 5.94. The molecule has 0 radical (unpaired) electrons. The van der Waals surface area contributed by atoms with Gasteiger partial charge in [-0.25, -0.2) is 4.79 Å². The Morgan fingerprint density at radius 3 is 2.32 bits per heavy atom. The number of halogens is 3. The van der Waals surface area contributed by atoms with Crippen molar-refractivity contribution in [2.75, 3.05) is 19.0 Å². The minimum Gasteiger partial charge on any atom is -0.497 e. The van der Waals surface area contributed by atoms with Crippen LogP contribution in [0.3, 0.4) is 0 Å². The highest BCUT2D eigenvalue weighted by atomic mass is 32.1. The number of anilines is 1. The summed E-state index contributed by atoms with van der Waals surface area (Å²) in [6.07, 6.45) is -4.88. The lowest BCUT2D eigenvalue weighted by Crippen LogP contribution is -2.26. The molecule has 0 saturated carbocycles. The molecule has 0 aliphatic heterocycles. The summed E-state index contributed by atoms with van der Waals surface area (Å²) >= 11 is 1.03. The zero-order valence-electron chi connectivity index (χ0n) is 20.0. The van der Waals surface area contributed by atoms with Gasteiger partial charge in [0, 0.05) is 10.8 Å². The monoisotopic (exact) mass is 547 g/mol. The number of benzene rings is 2. The van der Waals surface area contributed by atoms with E-state index in [1.807, 2.05) is 0 Å². The van der Waals surface area contributed by atoms with E-state index in [1.165, 1.54) is 24.6 Å². The van der Waals surface area contributed by atoms with Gasteiger partial charge in [0.05, 0.1) is 31.2 Å². The molecule has 13 heteroatoms. The standard InChI is InChI=1S/C25H20F3N3O6S/c1-3-36-24(34)21-18-13-38-22(29-19(32)12-14-4-8-16(35-2)9-5-14)20(18)23(33)31(30-21)15-6-10-17(11-7-15)37-25(26,27)28/h4-11,13H,3,12H2,1-2H3,(H,29,32). The Bertz CT molecular complexity index is 1530. The molecule has 9 nitrogen and oxygen atoms in total. The Hall–Kier alpha value is -4.39. The molecule has 1 amide bonds. The average Bonchev–Trinajstić information content (AvgIpc) is 3.28. The zero-order valence-corrected chi connectivity index (χ0v) is 20.8. The maximum atomic E-state index is 13.4. The molecule has 4 rings (SSSR count). The number of nitrogens with one attached hydrogen (secondary N) is 1. The number of rotatable bonds is 8. The Kier molecular flexibility index (Phi) is 7.67. The molecule has 0 aliphatic rings. The summed E-state index contributed by atoms with van der Waals surface area (Å²) in [5.41, 5.74) is -0.113. The first-order valence-corrected chi connectivity index (χ1v) is 12.0. The summed E-state index contributed by atoms with van der Waals surface area (Å²) in [6, 6.07) is 11.3. The molecule has 0 aliphatic carbocycles. The van der Waals surface area contributed by atoms with E-state index in [9.17, 15) is 27.6 Å². The van der Waals surface area contributed by atoms with Gasteiger partial charge in [-0.3, -0.25) is 9.59 Å². The maximum Gasteiger partial charge on any atom is 0.573 e. The second-order valence-electron chi connectivity index (χ2n) is 7.75. The fourth-order valence-electron chi connectivity index (χ4n) is 3.56. The SMILES string of the molecule is CCOC(=O)c1nn(-c2ccc(OC(F)(F)F)cc2)c(=O)c2c(NC(=O)Cc3ccc(OC)cc3)scc12. The molecule has 0 atom stereocenters. The van der Waals surface area contributed by atoms with Crippen molar-refractivity contribution in [2.24, 2.45) is 0 Å². The number of hydrogen-bond donors (Lipinski definition) is 1. The highest BCUT2D eigenvalue weighted by Gasteiger charge is 2.31. The molecule has 1 N–H and O–H groups in total. The lowest BCUT2D eigenvalue weighted by atomic mass is 10.1. The number of hydrogen-bond acceptors (Lipinski definition) is 8. The van der Waals surface area contributed by atoms with Crippen LogP contribution in [0.25, 0.3) is 16.5 Å². The van der Waals surface area contributed by atoms with Crippen molar-refractivity contribution >= 4 is 39.0 Å². The van der Waals surface area contributed by atoms with Gasteiger partial charge >= 0.3 is 12.3 Å². The smallest absolute Gasteiger partial charge is 0.497 e. The van der Waals surface area contributed by atoms with E-state index in [2.05, 4.69) is 15.2 Å². The largest absolute Gasteiger partial charge is 0.573 e. The van der Waals surface area contributed by atoms with E-state index in [0.717, 1.165) is 28.2 Å². The molecule has 0 unspecified atom stereocenters. The second kappa shape index (κ2) is 10.9. The summed E-state index contributed by atoms with van der Waals surface area (Å²) in [4.78, 5) is 38.9. The summed E-state index contributed by atoms with van der Waals surface area (Å²) in [7, 11) is 1.53. The lowest BCUT2D eigenvalue weighted by Gasteiger charge is -2.12. The van der Waals surface area contributed by atoms with Crippen molar-refractivity contribution < 1.29 is 37.0 Å². The van der Waals surface area contributed by atoms with Gasteiger partial charge in [0.15, 0.2) is 5.69 Å². The summed E-state index contributed by atoms with van der Waals surface area (Å²) in [5, 5.41) is 8.69. The number of esters is 1. The number of carbonyl (C=O) groups is 2. The molecule has 2 heterocycles. The van der Waals surface area contributed by atoms with Crippen LogP contribution in [-0.2, 0) is 16.0 Å². The number of amides is 1. The number of nitrogens with zero attached hydrogens (tertiary/aromatic N) is 2. The normalized spacial score (nSPS) is 11.3. The Morgan fingerprint density at radius 1 is 1.05 bits per heavy atom. The van der Waals surface area contributed by atoms with Gasteiger partial charge in [-0.1, -0.05) is 12.1 Å². The third-order valence-corrected chi connectivity index (χ3v) is 6.11. The van der Waals surface area contributed by atoms with E-state index < -0.39 is 29.5 Å². The van der Waals surface area contributed by atoms with Crippen LogP contribution in [0.4, 0.5) is 18.2 Å². The number of ether oxygens (including phenoxy) is 3. The van der Waals surface area contributed by atoms with Crippen molar-refractivity contribution in [2.45, 2.75) is 19.7 Å². The van der Waals surface area contributed by atoms with Crippen LogP contribution in [0.2, 0.25) is 0 Å². The van der Waals surface area contributed by atoms with Crippen LogP contribution < -0.4 is 20.3 Å². The van der Waals surface area contributed by atoms with Crippen molar-refractivity contribution in [1.82, 2.24) is 9.78 Å². The van der Waals surface area contributed by atoms with Crippen LogP contribution in [0.5, 0.6) is 11.5 Å². The highest BCUT2D eigenvalue weighted by Crippen LogP contribution is 2.31. The van der Waals surface area contributed by atoms with E-state index in [0.29, 0.717) is 11.3 Å². The second-order valence-corrected chi connectivity index (χ2v) is 8.63. The van der Waals surface area contributed by atoms with Crippen LogP contribution in [-0.4, -0.2) is 41.7 Å². The topological polar surface area (TPSA) is 109 Å². The highest BCUT2D eigenvalue weighted by molar-refractivity contribution is 7.16. The molecule has 198 valence electrons. The fourth-order valence-corrected chi connectivity index (χ4v) is 4.51. The summed E-state index contributed by atoms with van der Waals surface area (Å²) in [6.45, 7) is 1.64. The van der Waals surface area contributed by atoms with Crippen LogP contribution >= 0.6 is 11.3 Å². The average molecular weight is 548 g/mol. The summed E-state index contributed by atoms with van der Waals surface area (Å²) < 4.78 is 52.5. The van der Waals surface area contributed by atoms with E-state index >= 15 is 0 Å². The first kappa shape index (κ1) is 26.7. The number of carbonyl (C=O) groups excluding carboxylic acids is 2. The summed E-state index contributed by atoms with van der Waals surface area (Å²) in [5.74, 6) is -1.08. The van der Waals surface area contributed by atoms with E-state index in [4.69, 9.17) is 9.47 Å². The number of fused-ring (bicyclic) bond motifs is 1. The first-order chi connectivity index (χ1) is 18.1. The Balaban J connectivity index is 1.73. The number of aromatic nitrogens is 2. The molecular weight excluding hydrogens is 527 g/mol. The lowest BCUT2D eigenvalue weighted by molar-refractivity contribution is -0.274. The maximum absolute atomic E-state index is 13.4. The van der Waals surface area contributed by atoms with Crippen molar-refractivity contribution in [3.63, 3.8) is 0 Å². The number of methoxy groups -OCH3 is 1. The molecule has 4 aromatic rings. The van der Waals surface area contributed by atoms with Gasteiger partial charge in [-0.15, -0.1) is 24.5 Å². The minimum absolute atomic E-state index is 0.00625. The van der Waals surface area contributed by atoms with Gasteiger partial charge in [-0.05, 0) is 48.9 Å². The molecule has 38 heavy (non-hydrogen) atoms. The molecule has 0 bridgehead atoms. The van der Waals surface area contributed by atoms with Crippen LogP contribution in [0.15, 0.2) is 58.7 Å². The third-order valence-electron chi connectivity index (χ3n) is 5.21. The molecule has 0 saturated heterocycles. The van der Waals surface area contributed by atoms with Gasteiger partial charge in [0.1, 0.15) is 16.5 Å². The molecule has 2 aromatic carbocycles. The van der Waals surface area contributed by atoms with Crippen molar-refractivity contribution in [3.05, 3.63) is 75.5 Å². The van der Waals surface area contributed by atoms with Crippen molar-refractivity contribution in [1.29, 1.82) is 0 Å². The Labute approximate surface area is 217 Å². The van der Waals surface area contributed by atoms with Gasteiger partial charge in [-0.2, -0.15) is 9.78 Å². The van der Waals surface area contributed by atoms with Crippen molar-refractivity contribution in [3.8, 4) is 17.2 Å². The van der Waals surface area contributed by atoms with Gasteiger partial charge < -0.3 is 19.5 Å². The van der Waals surface area contributed by atoms with E-state index in [1.54, 1.807) is 31.2 Å². The fraction of sp³-hybridized carbons (Fsp3) is 0.200. The molecule has 2 aromatic heterocycles. The van der Waals surface area contributed by atoms with Gasteiger partial charge in [0.2, 0.25) is 5.91 Å². The molecule has 0 fully saturated rings. The van der Waals surface area contributed by atoms with Crippen LogP contribution in [0, 0.1) is 0 Å². The van der Waals surface area contributed by atoms with Gasteiger partial charge in [0.25, 0.3) is 5.56 Å². The predicted octanol–water partition coefficient (Wildman–Crippen LogP) is 4.71.